The lowest BCUT2D eigenvalue weighted by Gasteiger charge is -2.37. The lowest BCUT2D eigenvalue weighted by Crippen LogP contribution is -2.47. The van der Waals surface area contributed by atoms with E-state index in [0.717, 1.165) is 16.7 Å². The number of hydrogen-bond donors (Lipinski definition) is 0. The molecule has 0 N–H and O–H groups in total. The van der Waals surface area contributed by atoms with E-state index in [0.29, 0.717) is 30.5 Å². The third kappa shape index (κ3) is 5.06. The Morgan fingerprint density at radius 2 is 1.77 bits per heavy atom. The topological polar surface area (TPSA) is 57.7 Å². The van der Waals surface area contributed by atoms with Crippen molar-refractivity contribution < 1.29 is 17.6 Å². The van der Waals surface area contributed by atoms with Crippen molar-refractivity contribution >= 4 is 27.3 Å². The molecule has 1 atom stereocenters. The first kappa shape index (κ1) is 25.5. The Morgan fingerprint density at radius 3 is 2.40 bits per heavy atom. The summed E-state index contributed by atoms with van der Waals surface area (Å²) in [6.45, 7) is 7.94. The molecule has 1 amide bonds. The zero-order valence-corrected chi connectivity index (χ0v) is 22.2. The Hall–Kier alpha value is -2.55. The number of carbonyl (C=O) groups is 1. The highest BCUT2D eigenvalue weighted by atomic mass is 32.2. The maximum Gasteiger partial charge on any atom is 0.244 e. The number of hydrogen-bond acceptors (Lipinski definition) is 4. The van der Waals surface area contributed by atoms with Gasteiger partial charge in [-0.05, 0) is 79.4 Å². The fraction of sp³-hybridized carbons (Fsp3) is 0.370. The minimum absolute atomic E-state index is 0.236. The largest absolute Gasteiger partial charge is 0.330 e. The summed E-state index contributed by atoms with van der Waals surface area (Å²) in [6, 6.07) is 11.6. The molecular formula is C27H31FN2O3S2. The molecule has 186 valence electrons. The van der Waals surface area contributed by atoms with Gasteiger partial charge in [0.2, 0.25) is 15.9 Å². The number of rotatable bonds is 7. The van der Waals surface area contributed by atoms with E-state index < -0.39 is 10.0 Å². The van der Waals surface area contributed by atoms with Crippen LogP contribution < -0.4 is 0 Å². The van der Waals surface area contributed by atoms with Crippen LogP contribution >= 0.6 is 11.3 Å². The zero-order chi connectivity index (χ0) is 25.3. The van der Waals surface area contributed by atoms with Gasteiger partial charge in [-0.15, -0.1) is 11.3 Å². The van der Waals surface area contributed by atoms with Crippen molar-refractivity contribution in [2.75, 3.05) is 19.6 Å². The van der Waals surface area contributed by atoms with Gasteiger partial charge in [0.05, 0.1) is 17.5 Å². The monoisotopic (exact) mass is 514 g/mol. The number of thiophene rings is 1. The van der Waals surface area contributed by atoms with Crippen molar-refractivity contribution in [3.8, 4) is 0 Å². The molecule has 3 aromatic rings. The molecule has 4 rings (SSSR count). The Balaban J connectivity index is 1.68. The summed E-state index contributed by atoms with van der Waals surface area (Å²) in [5.41, 5.74) is 4.20. The molecule has 0 radical (unpaired) electrons. The highest BCUT2D eigenvalue weighted by Gasteiger charge is 2.36. The van der Waals surface area contributed by atoms with E-state index in [1.54, 1.807) is 42.2 Å². The minimum atomic E-state index is -3.87. The zero-order valence-electron chi connectivity index (χ0n) is 20.5. The van der Waals surface area contributed by atoms with Crippen LogP contribution in [-0.4, -0.2) is 43.2 Å². The third-order valence-corrected chi connectivity index (χ3v) is 9.61. The summed E-state index contributed by atoms with van der Waals surface area (Å²) in [6.07, 6.45) is 1.31. The molecule has 2 aromatic carbocycles. The fourth-order valence-corrected chi connectivity index (χ4v) is 7.86. The first-order valence-corrected chi connectivity index (χ1v) is 14.1. The molecule has 8 heteroatoms. The van der Waals surface area contributed by atoms with E-state index in [1.807, 2.05) is 37.4 Å². The molecule has 0 saturated carbocycles. The van der Waals surface area contributed by atoms with Gasteiger partial charge in [-0.2, -0.15) is 4.31 Å². The van der Waals surface area contributed by atoms with Crippen LogP contribution in [0.2, 0.25) is 0 Å². The second kappa shape index (κ2) is 10.2. The predicted octanol–water partition coefficient (Wildman–Crippen LogP) is 5.39. The molecule has 0 spiro atoms. The Bertz CT molecular complexity index is 1310. The smallest absolute Gasteiger partial charge is 0.244 e. The number of benzene rings is 2. The van der Waals surface area contributed by atoms with Crippen LogP contribution in [0.1, 0.15) is 52.1 Å². The summed E-state index contributed by atoms with van der Waals surface area (Å²) in [5, 5.41) is 2.01. The summed E-state index contributed by atoms with van der Waals surface area (Å²) >= 11 is 1.65. The van der Waals surface area contributed by atoms with E-state index in [-0.39, 0.29) is 35.8 Å². The molecule has 2 heterocycles. The number of sulfonamides is 1. The van der Waals surface area contributed by atoms with Crippen molar-refractivity contribution in [3.63, 3.8) is 0 Å². The van der Waals surface area contributed by atoms with E-state index in [9.17, 15) is 17.6 Å². The molecule has 1 aliphatic heterocycles. The number of nitrogens with zero attached hydrogens (tertiary/aromatic N) is 2. The molecule has 0 fully saturated rings. The molecule has 0 aliphatic carbocycles. The summed E-state index contributed by atoms with van der Waals surface area (Å²) < 4.78 is 42.5. The van der Waals surface area contributed by atoms with Crippen molar-refractivity contribution in [3.05, 3.63) is 86.4 Å². The summed E-state index contributed by atoms with van der Waals surface area (Å²) in [5.74, 6) is -0.590. The summed E-state index contributed by atoms with van der Waals surface area (Å²) in [4.78, 5) is 16.9. The Labute approximate surface area is 211 Å². The van der Waals surface area contributed by atoms with Gasteiger partial charge >= 0.3 is 0 Å². The predicted molar refractivity (Wildman–Crippen MR) is 138 cm³/mol. The van der Waals surface area contributed by atoms with Crippen LogP contribution in [0.25, 0.3) is 0 Å². The van der Waals surface area contributed by atoms with Crippen LogP contribution in [0.5, 0.6) is 0 Å². The third-order valence-electron chi connectivity index (χ3n) is 6.46. The van der Waals surface area contributed by atoms with Crippen molar-refractivity contribution in [2.24, 2.45) is 0 Å². The normalized spacial score (nSPS) is 15.9. The molecule has 0 saturated heterocycles. The van der Waals surface area contributed by atoms with Crippen molar-refractivity contribution in [2.45, 2.75) is 51.5 Å². The second-order valence-electron chi connectivity index (χ2n) is 9.16. The number of carbonyl (C=O) groups excluding carboxylic acids is 1. The minimum Gasteiger partial charge on any atom is -0.330 e. The van der Waals surface area contributed by atoms with E-state index in [2.05, 4.69) is 0 Å². The molecule has 1 aliphatic rings. The SMILES string of the molecule is CCCN(CC(=O)N1CCc2sccc2C1c1ccc(F)cc1)S(=O)(=O)c1c(C)cc(C)cc1C. The molecule has 35 heavy (non-hydrogen) atoms. The molecular weight excluding hydrogens is 483 g/mol. The van der Waals surface area contributed by atoms with Gasteiger partial charge in [0, 0.05) is 18.0 Å². The van der Waals surface area contributed by atoms with Gasteiger partial charge in [0.25, 0.3) is 0 Å². The Kier molecular flexibility index (Phi) is 7.45. The lowest BCUT2D eigenvalue weighted by molar-refractivity contribution is -0.133. The highest BCUT2D eigenvalue weighted by molar-refractivity contribution is 7.89. The molecule has 1 unspecified atom stereocenters. The van der Waals surface area contributed by atoms with Crippen LogP contribution in [0.4, 0.5) is 4.39 Å². The van der Waals surface area contributed by atoms with Crippen LogP contribution in [-0.2, 0) is 21.2 Å². The van der Waals surface area contributed by atoms with E-state index >= 15 is 0 Å². The standard InChI is InChI=1S/C27H31FN2O3S2/c1-5-12-29(35(32,33)27-19(3)15-18(2)16-20(27)4)17-25(31)30-13-10-24-23(11-14-34-24)26(30)21-6-8-22(28)9-7-21/h6-9,11,14-16,26H,5,10,12-13,17H2,1-4H3. The molecule has 1 aromatic heterocycles. The maximum atomic E-state index is 13.8. The first-order chi connectivity index (χ1) is 16.6. The fourth-order valence-electron chi connectivity index (χ4n) is 5.07. The quantitative estimate of drug-likeness (QED) is 0.425. The van der Waals surface area contributed by atoms with Crippen molar-refractivity contribution in [1.29, 1.82) is 0 Å². The van der Waals surface area contributed by atoms with E-state index in [1.165, 1.54) is 21.3 Å². The first-order valence-electron chi connectivity index (χ1n) is 11.8. The van der Waals surface area contributed by atoms with Crippen LogP contribution in [0.3, 0.4) is 0 Å². The van der Waals surface area contributed by atoms with Gasteiger partial charge in [-0.25, -0.2) is 12.8 Å². The summed E-state index contributed by atoms with van der Waals surface area (Å²) in [7, 11) is -3.87. The average Bonchev–Trinajstić information content (AvgIpc) is 3.26. The number of amides is 1. The van der Waals surface area contributed by atoms with Crippen LogP contribution in [0, 0.1) is 26.6 Å². The average molecular weight is 515 g/mol. The van der Waals surface area contributed by atoms with Gasteiger partial charge in [0.1, 0.15) is 5.82 Å². The van der Waals surface area contributed by atoms with E-state index in [4.69, 9.17) is 0 Å². The lowest BCUT2D eigenvalue weighted by atomic mass is 9.93. The highest BCUT2D eigenvalue weighted by Crippen LogP contribution is 2.38. The van der Waals surface area contributed by atoms with Crippen LogP contribution in [0.15, 0.2) is 52.7 Å². The van der Waals surface area contributed by atoms with Gasteiger partial charge < -0.3 is 4.90 Å². The Morgan fingerprint density at radius 1 is 1.11 bits per heavy atom. The van der Waals surface area contributed by atoms with Crippen molar-refractivity contribution in [1.82, 2.24) is 9.21 Å². The van der Waals surface area contributed by atoms with Gasteiger partial charge in [-0.1, -0.05) is 36.8 Å². The molecule has 0 bridgehead atoms. The maximum absolute atomic E-state index is 13.8. The number of aryl methyl sites for hydroxylation is 3. The van der Waals surface area contributed by atoms with Gasteiger partial charge in [0.15, 0.2) is 0 Å². The number of fused-ring (bicyclic) bond motifs is 1. The number of halogens is 1. The molecule has 5 nitrogen and oxygen atoms in total. The second-order valence-corrected chi connectivity index (χ2v) is 12.0. The van der Waals surface area contributed by atoms with Gasteiger partial charge in [-0.3, -0.25) is 4.79 Å².